The fraction of sp³-hybridized carbons (Fsp3) is 0.286. The van der Waals surface area contributed by atoms with Crippen molar-refractivity contribution in [3.8, 4) is 6.07 Å². The number of thiazole rings is 1. The van der Waals surface area contributed by atoms with Crippen molar-refractivity contribution in [2.45, 2.75) is 25.7 Å². The first-order chi connectivity index (χ1) is 8.78. The molecule has 2 aromatic heterocycles. The molecule has 4 heteroatoms. The fourth-order valence-corrected chi connectivity index (χ4v) is 3.51. The third-order valence-electron chi connectivity index (χ3n) is 3.05. The second kappa shape index (κ2) is 4.68. The van der Waals surface area contributed by atoms with Crippen molar-refractivity contribution >= 4 is 34.3 Å². The molecule has 1 saturated carbocycles. The van der Waals surface area contributed by atoms with Crippen molar-refractivity contribution in [2.75, 3.05) is 0 Å². The molecule has 2 aromatic rings. The Morgan fingerprint density at radius 1 is 1.50 bits per heavy atom. The summed E-state index contributed by atoms with van der Waals surface area (Å²) in [7, 11) is 0. The standard InChI is InChI=1S/C14H12N2S2/c1-9-4-5-17-13(9)6-11(7-15)14-16-12(8-18-14)10-2-3-10/h4-6,8,10H,2-3H2,1H3/b11-6-. The maximum atomic E-state index is 9.29. The van der Waals surface area contributed by atoms with Gasteiger partial charge in [-0.15, -0.1) is 22.7 Å². The van der Waals surface area contributed by atoms with Crippen LogP contribution in [0.2, 0.25) is 0 Å². The minimum absolute atomic E-state index is 0.651. The fourth-order valence-electron chi connectivity index (χ4n) is 1.78. The number of thiophene rings is 1. The molecule has 0 radical (unpaired) electrons. The van der Waals surface area contributed by atoms with Gasteiger partial charge in [-0.1, -0.05) is 0 Å². The van der Waals surface area contributed by atoms with Gasteiger partial charge in [-0.05, 0) is 42.9 Å². The van der Waals surface area contributed by atoms with Gasteiger partial charge in [0.1, 0.15) is 11.1 Å². The monoisotopic (exact) mass is 272 g/mol. The Balaban J connectivity index is 1.94. The van der Waals surface area contributed by atoms with Crippen LogP contribution in [0.15, 0.2) is 16.8 Å². The van der Waals surface area contributed by atoms with Crippen LogP contribution in [0.5, 0.6) is 0 Å². The van der Waals surface area contributed by atoms with E-state index in [0.29, 0.717) is 11.5 Å². The molecule has 90 valence electrons. The van der Waals surface area contributed by atoms with E-state index in [1.54, 1.807) is 22.7 Å². The van der Waals surface area contributed by atoms with Crippen LogP contribution in [-0.2, 0) is 0 Å². The minimum Gasteiger partial charge on any atom is -0.240 e. The van der Waals surface area contributed by atoms with Crippen molar-refractivity contribution in [1.29, 1.82) is 5.26 Å². The van der Waals surface area contributed by atoms with E-state index >= 15 is 0 Å². The summed E-state index contributed by atoms with van der Waals surface area (Å²) in [5, 5.41) is 14.3. The lowest BCUT2D eigenvalue weighted by atomic mass is 10.2. The van der Waals surface area contributed by atoms with Gasteiger partial charge in [-0.2, -0.15) is 5.26 Å². The lowest BCUT2D eigenvalue weighted by molar-refractivity contribution is 1.05. The minimum atomic E-state index is 0.651. The highest BCUT2D eigenvalue weighted by molar-refractivity contribution is 7.12. The molecule has 1 aliphatic carbocycles. The molecule has 3 rings (SSSR count). The molecule has 0 saturated heterocycles. The largest absolute Gasteiger partial charge is 0.240 e. The summed E-state index contributed by atoms with van der Waals surface area (Å²) >= 11 is 3.24. The highest BCUT2D eigenvalue weighted by Crippen LogP contribution is 2.41. The van der Waals surface area contributed by atoms with Crippen molar-refractivity contribution in [2.24, 2.45) is 0 Å². The number of hydrogen-bond acceptors (Lipinski definition) is 4. The van der Waals surface area contributed by atoms with E-state index in [1.807, 2.05) is 11.5 Å². The van der Waals surface area contributed by atoms with Gasteiger partial charge in [0, 0.05) is 16.2 Å². The molecule has 0 atom stereocenters. The molecule has 0 unspecified atom stereocenters. The summed E-state index contributed by atoms with van der Waals surface area (Å²) in [6.45, 7) is 2.06. The zero-order valence-electron chi connectivity index (χ0n) is 10.0. The van der Waals surface area contributed by atoms with E-state index in [0.717, 1.165) is 9.88 Å². The first-order valence-electron chi connectivity index (χ1n) is 5.89. The van der Waals surface area contributed by atoms with E-state index in [2.05, 4.69) is 29.4 Å². The van der Waals surface area contributed by atoms with Crippen LogP contribution in [0.4, 0.5) is 0 Å². The highest BCUT2D eigenvalue weighted by atomic mass is 32.1. The third-order valence-corrected chi connectivity index (χ3v) is 4.91. The zero-order valence-corrected chi connectivity index (χ0v) is 11.6. The first-order valence-corrected chi connectivity index (χ1v) is 7.65. The van der Waals surface area contributed by atoms with Crippen LogP contribution >= 0.6 is 22.7 Å². The summed E-state index contributed by atoms with van der Waals surface area (Å²) in [5.41, 5.74) is 3.06. The molecule has 0 aromatic carbocycles. The second-order valence-electron chi connectivity index (χ2n) is 4.49. The van der Waals surface area contributed by atoms with Crippen LogP contribution in [0, 0.1) is 18.3 Å². The summed E-state index contributed by atoms with van der Waals surface area (Å²) in [6.07, 6.45) is 4.45. The average Bonchev–Trinajstić information content (AvgIpc) is 2.98. The van der Waals surface area contributed by atoms with Gasteiger partial charge in [0.05, 0.1) is 11.3 Å². The van der Waals surface area contributed by atoms with Gasteiger partial charge < -0.3 is 0 Å². The van der Waals surface area contributed by atoms with Crippen molar-refractivity contribution < 1.29 is 0 Å². The van der Waals surface area contributed by atoms with E-state index < -0.39 is 0 Å². The van der Waals surface area contributed by atoms with Gasteiger partial charge >= 0.3 is 0 Å². The van der Waals surface area contributed by atoms with Gasteiger partial charge in [-0.25, -0.2) is 4.98 Å². The molecule has 0 N–H and O–H groups in total. The Labute approximate surface area is 114 Å². The van der Waals surface area contributed by atoms with E-state index in [4.69, 9.17) is 0 Å². The van der Waals surface area contributed by atoms with Crippen molar-refractivity contribution in [3.05, 3.63) is 38.0 Å². The number of allylic oxidation sites excluding steroid dienone is 1. The number of rotatable bonds is 3. The Kier molecular flexibility index (Phi) is 3.02. The molecule has 1 aliphatic rings. The lowest BCUT2D eigenvalue weighted by Crippen LogP contribution is -1.83. The molecule has 18 heavy (non-hydrogen) atoms. The maximum Gasteiger partial charge on any atom is 0.134 e. The number of nitrogens with zero attached hydrogens (tertiary/aromatic N) is 2. The van der Waals surface area contributed by atoms with Crippen molar-refractivity contribution in [3.63, 3.8) is 0 Å². The molecule has 2 heterocycles. The normalized spacial score (nSPS) is 15.7. The summed E-state index contributed by atoms with van der Waals surface area (Å²) < 4.78 is 0. The molecule has 0 aliphatic heterocycles. The SMILES string of the molecule is Cc1ccsc1/C=C(/C#N)c1nc(C2CC2)cs1. The molecule has 0 spiro atoms. The Morgan fingerprint density at radius 3 is 2.94 bits per heavy atom. The smallest absolute Gasteiger partial charge is 0.134 e. The zero-order chi connectivity index (χ0) is 12.5. The van der Waals surface area contributed by atoms with Crippen molar-refractivity contribution in [1.82, 2.24) is 4.98 Å². The number of aromatic nitrogens is 1. The quantitative estimate of drug-likeness (QED) is 0.774. The summed E-state index contributed by atoms with van der Waals surface area (Å²) in [4.78, 5) is 5.73. The molecular formula is C14H12N2S2. The van der Waals surface area contributed by atoms with E-state index in [-0.39, 0.29) is 0 Å². The van der Waals surface area contributed by atoms with E-state index in [9.17, 15) is 5.26 Å². The van der Waals surface area contributed by atoms with Crippen LogP contribution < -0.4 is 0 Å². The third kappa shape index (κ3) is 2.24. The van der Waals surface area contributed by atoms with Gasteiger partial charge in [0.2, 0.25) is 0 Å². The summed E-state index contributed by atoms with van der Waals surface area (Å²) in [5.74, 6) is 0.651. The van der Waals surface area contributed by atoms with Gasteiger partial charge in [-0.3, -0.25) is 0 Å². The number of nitriles is 1. The first kappa shape index (κ1) is 11.6. The van der Waals surface area contributed by atoms with Crippen LogP contribution in [0.3, 0.4) is 0 Å². The van der Waals surface area contributed by atoms with Crippen LogP contribution in [-0.4, -0.2) is 4.98 Å². The predicted molar refractivity (Wildman–Crippen MR) is 76.6 cm³/mol. The molecule has 1 fully saturated rings. The topological polar surface area (TPSA) is 36.7 Å². The average molecular weight is 272 g/mol. The lowest BCUT2D eigenvalue weighted by Gasteiger charge is -1.94. The summed E-state index contributed by atoms with van der Waals surface area (Å²) in [6, 6.07) is 4.34. The Morgan fingerprint density at radius 2 is 2.33 bits per heavy atom. The number of hydrogen-bond donors (Lipinski definition) is 0. The predicted octanol–water partition coefficient (Wildman–Crippen LogP) is 4.45. The molecule has 0 amide bonds. The molecule has 0 bridgehead atoms. The Bertz CT molecular complexity index is 639. The molecule has 2 nitrogen and oxygen atoms in total. The maximum absolute atomic E-state index is 9.29. The van der Waals surface area contributed by atoms with Crippen LogP contribution in [0.1, 0.15) is 39.9 Å². The van der Waals surface area contributed by atoms with E-state index in [1.165, 1.54) is 24.1 Å². The van der Waals surface area contributed by atoms with Crippen LogP contribution in [0.25, 0.3) is 11.6 Å². The number of aryl methyl sites for hydroxylation is 1. The highest BCUT2D eigenvalue weighted by Gasteiger charge is 2.26. The molecular weight excluding hydrogens is 260 g/mol. The second-order valence-corrected chi connectivity index (χ2v) is 6.30. The van der Waals surface area contributed by atoms with Gasteiger partial charge in [0.25, 0.3) is 0 Å². The van der Waals surface area contributed by atoms with Gasteiger partial charge in [0.15, 0.2) is 0 Å². The Hall–Kier alpha value is -1.44.